The van der Waals surface area contributed by atoms with Gasteiger partial charge in [0.1, 0.15) is 5.60 Å². The van der Waals surface area contributed by atoms with E-state index < -0.39 is 64.7 Å². The quantitative estimate of drug-likeness (QED) is 0.183. The first-order valence-corrected chi connectivity index (χ1v) is 18.3. The largest absolute Gasteiger partial charge is 0.456 e. The molecule has 1 aliphatic heterocycles. The number of ether oxygens (including phenoxy) is 2. The number of hydrogen-bond acceptors (Lipinski definition) is 5. The minimum atomic E-state index is -5.92. The van der Waals surface area contributed by atoms with Crippen LogP contribution in [0.25, 0.3) is 0 Å². The molecule has 7 nitrogen and oxygen atoms in total. The highest BCUT2D eigenvalue weighted by Gasteiger charge is 2.79. The van der Waals surface area contributed by atoms with E-state index in [0.717, 1.165) is 22.3 Å². The number of nitrogens with one attached hydrogen (secondary N) is 2. The first-order chi connectivity index (χ1) is 24.2. The number of anilines is 1. The van der Waals surface area contributed by atoms with Crippen molar-refractivity contribution in [3.63, 3.8) is 0 Å². The van der Waals surface area contributed by atoms with E-state index >= 15 is 8.78 Å². The number of carbonyl (C=O) groups excluding carboxylic acids is 1. The van der Waals surface area contributed by atoms with Crippen LogP contribution in [0.2, 0.25) is 0 Å². The Balaban J connectivity index is 1.21. The third-order valence-electron chi connectivity index (χ3n) is 13.0. The number of allylic oxidation sites excluding steroid dienone is 1. The Kier molecular flexibility index (Phi) is 8.95. The lowest BCUT2D eigenvalue weighted by Crippen LogP contribution is -2.65. The molecular formula is C40H49F5N2O5. The Morgan fingerprint density at radius 2 is 1.56 bits per heavy atom. The maximum atomic E-state index is 15.4. The van der Waals surface area contributed by atoms with Gasteiger partial charge in [0.05, 0.1) is 18.8 Å². The average molecular weight is 733 g/mol. The zero-order chi connectivity index (χ0) is 37.5. The molecule has 0 bridgehead atoms. The molecule has 2 amide bonds. The van der Waals surface area contributed by atoms with Gasteiger partial charge in [0.2, 0.25) is 0 Å². The fourth-order valence-corrected chi connectivity index (χ4v) is 10.2. The van der Waals surface area contributed by atoms with Gasteiger partial charge in [0.25, 0.3) is 0 Å². The lowest BCUT2D eigenvalue weighted by Gasteiger charge is -2.59. The van der Waals surface area contributed by atoms with Gasteiger partial charge in [0, 0.05) is 41.8 Å². The summed E-state index contributed by atoms with van der Waals surface area (Å²) in [4.78, 5) is 12.6. The molecule has 4 aliphatic carbocycles. The van der Waals surface area contributed by atoms with Crippen LogP contribution >= 0.6 is 0 Å². The standard InChI is InChI=1S/C40H49F5N2O5/c1-24-5-11-27(12-6-24)47-33(48)46-20-25-7-9-26(10-8-25)29-19-35(4)30(15-18-38(35,50)39(41,42)40(43,44)45)28-13-16-36(49)21-37(17-14-31(36)32(28)29)51-22-34(2,3)23-52-37/h5-12,28-30,49-50H,13-23H2,1-4H3,(H2,46,47,48)/t28-,29+,30-,35-,36+,38-/m0/s1. The molecule has 0 unspecified atom stereocenters. The number of aryl methyl sites for hydroxylation is 1. The van der Waals surface area contributed by atoms with Crippen molar-refractivity contribution in [2.45, 2.75) is 121 Å². The van der Waals surface area contributed by atoms with Crippen molar-refractivity contribution in [1.29, 1.82) is 0 Å². The van der Waals surface area contributed by atoms with Gasteiger partial charge in [-0.3, -0.25) is 0 Å². The molecule has 6 atom stereocenters. The number of aliphatic hydroxyl groups is 2. The Labute approximate surface area is 301 Å². The number of amides is 2. The zero-order valence-electron chi connectivity index (χ0n) is 30.1. The summed E-state index contributed by atoms with van der Waals surface area (Å²) in [5.74, 6) is -7.94. The number of halogens is 5. The highest BCUT2D eigenvalue weighted by molar-refractivity contribution is 5.89. The van der Waals surface area contributed by atoms with E-state index in [1.807, 2.05) is 45.0 Å². The van der Waals surface area contributed by atoms with Crippen molar-refractivity contribution in [2.24, 2.45) is 22.7 Å². The van der Waals surface area contributed by atoms with Crippen molar-refractivity contribution >= 4 is 11.7 Å². The summed E-state index contributed by atoms with van der Waals surface area (Å²) >= 11 is 0. The fourth-order valence-electron chi connectivity index (χ4n) is 10.2. The molecule has 5 aliphatic rings. The van der Waals surface area contributed by atoms with Crippen LogP contribution in [-0.4, -0.2) is 58.5 Å². The molecule has 4 fully saturated rings. The van der Waals surface area contributed by atoms with Crippen molar-refractivity contribution in [2.75, 3.05) is 18.5 Å². The highest BCUT2D eigenvalue weighted by Crippen LogP contribution is 2.71. The van der Waals surface area contributed by atoms with E-state index in [-0.39, 0.29) is 37.6 Å². The SMILES string of the molecule is Cc1ccc(NC(=O)NCc2ccc([C@H]3C[C@@]4(C)[C@@H](CC[C@@]4(O)C(F)(F)C(F)(F)F)[C@@H]4CC[C@@]5(O)CC6(CCC5=C43)OCC(C)(C)CO6)cc2)cc1. The Hall–Kier alpha value is -3.06. The summed E-state index contributed by atoms with van der Waals surface area (Å²) < 4.78 is 85.5. The Bertz CT molecular complexity index is 1720. The van der Waals surface area contributed by atoms with Crippen molar-refractivity contribution in [3.05, 3.63) is 76.4 Å². The van der Waals surface area contributed by atoms with E-state index in [4.69, 9.17) is 9.47 Å². The van der Waals surface area contributed by atoms with Gasteiger partial charge in [-0.25, -0.2) is 4.79 Å². The summed E-state index contributed by atoms with van der Waals surface area (Å²) in [6, 6.07) is 14.2. The van der Waals surface area contributed by atoms with Crippen molar-refractivity contribution in [1.82, 2.24) is 5.32 Å². The van der Waals surface area contributed by atoms with Crippen LogP contribution in [0.3, 0.4) is 0 Å². The molecule has 2 aromatic carbocycles. The molecule has 0 aromatic heterocycles. The lowest BCUT2D eigenvalue weighted by atomic mass is 9.49. The summed E-state index contributed by atoms with van der Waals surface area (Å²) in [5.41, 5.74) is -1.69. The summed E-state index contributed by atoms with van der Waals surface area (Å²) in [6.07, 6.45) is -4.93. The number of rotatable bonds is 5. The number of alkyl halides is 5. The van der Waals surface area contributed by atoms with Crippen LogP contribution in [0.4, 0.5) is 32.4 Å². The van der Waals surface area contributed by atoms with Crippen LogP contribution in [0.1, 0.15) is 94.7 Å². The number of hydrogen-bond donors (Lipinski definition) is 4. The highest BCUT2D eigenvalue weighted by atomic mass is 19.4. The lowest BCUT2D eigenvalue weighted by molar-refractivity contribution is -0.362. The second kappa shape index (κ2) is 12.5. The number of urea groups is 1. The third-order valence-corrected chi connectivity index (χ3v) is 13.0. The summed E-state index contributed by atoms with van der Waals surface area (Å²) in [7, 11) is 0. The maximum Gasteiger partial charge on any atom is 0.456 e. The van der Waals surface area contributed by atoms with E-state index in [0.29, 0.717) is 43.7 Å². The minimum Gasteiger partial charge on any atom is -0.385 e. The smallest absolute Gasteiger partial charge is 0.385 e. The molecule has 1 heterocycles. The second-order valence-electron chi connectivity index (χ2n) is 17.1. The van der Waals surface area contributed by atoms with Gasteiger partial charge in [-0.15, -0.1) is 0 Å². The summed E-state index contributed by atoms with van der Waals surface area (Å²) in [5, 5.41) is 29.6. The molecule has 1 saturated heterocycles. The number of fused-ring (bicyclic) bond motifs is 4. The van der Waals surface area contributed by atoms with Crippen LogP contribution in [-0.2, 0) is 16.0 Å². The van der Waals surface area contributed by atoms with Crippen LogP contribution < -0.4 is 10.6 Å². The van der Waals surface area contributed by atoms with Gasteiger partial charge < -0.3 is 30.3 Å². The molecule has 0 radical (unpaired) electrons. The molecule has 1 spiro atoms. The van der Waals surface area contributed by atoms with Crippen molar-refractivity contribution in [3.8, 4) is 0 Å². The second-order valence-corrected chi connectivity index (χ2v) is 17.1. The monoisotopic (exact) mass is 732 g/mol. The number of benzene rings is 2. The van der Waals surface area contributed by atoms with Gasteiger partial charge in [-0.1, -0.05) is 68.3 Å². The first-order valence-electron chi connectivity index (χ1n) is 18.3. The molecule has 52 heavy (non-hydrogen) atoms. The molecule has 3 saturated carbocycles. The molecule has 2 aromatic rings. The Morgan fingerprint density at radius 1 is 0.904 bits per heavy atom. The summed E-state index contributed by atoms with van der Waals surface area (Å²) in [6.45, 7) is 8.59. The van der Waals surface area contributed by atoms with Crippen LogP contribution in [0.15, 0.2) is 59.7 Å². The normalized spacial score (nSPS) is 33.9. The predicted octanol–water partition coefficient (Wildman–Crippen LogP) is 8.54. The first kappa shape index (κ1) is 37.3. The third kappa shape index (κ3) is 6.05. The van der Waals surface area contributed by atoms with E-state index in [1.165, 1.54) is 6.92 Å². The van der Waals surface area contributed by atoms with Crippen LogP contribution in [0.5, 0.6) is 0 Å². The minimum absolute atomic E-state index is 0.0196. The topological polar surface area (TPSA) is 100 Å². The average Bonchev–Trinajstić information content (AvgIpc) is 3.36. The molecular weight excluding hydrogens is 683 g/mol. The van der Waals surface area contributed by atoms with Gasteiger partial charge in [-0.2, -0.15) is 22.0 Å². The predicted molar refractivity (Wildman–Crippen MR) is 185 cm³/mol. The molecule has 4 N–H and O–H groups in total. The molecule has 12 heteroatoms. The number of carbonyl (C=O) groups is 1. The van der Waals surface area contributed by atoms with Crippen molar-refractivity contribution < 1.29 is 46.4 Å². The molecule has 7 rings (SSSR count). The van der Waals surface area contributed by atoms with E-state index in [2.05, 4.69) is 10.6 Å². The van der Waals surface area contributed by atoms with Crippen LogP contribution in [0, 0.1) is 29.6 Å². The maximum absolute atomic E-state index is 15.4. The Morgan fingerprint density at radius 3 is 2.19 bits per heavy atom. The van der Waals surface area contributed by atoms with Gasteiger partial charge >= 0.3 is 18.1 Å². The van der Waals surface area contributed by atoms with E-state index in [1.54, 1.807) is 24.3 Å². The van der Waals surface area contributed by atoms with Gasteiger partial charge in [-0.05, 0) is 86.1 Å². The zero-order valence-corrected chi connectivity index (χ0v) is 30.1. The fraction of sp³-hybridized carbons (Fsp3) is 0.625. The van der Waals surface area contributed by atoms with Gasteiger partial charge in [0.15, 0.2) is 5.79 Å². The molecule has 284 valence electrons. The van der Waals surface area contributed by atoms with E-state index in [9.17, 15) is 28.2 Å².